The van der Waals surface area contributed by atoms with Crippen LogP contribution in [0.5, 0.6) is 5.88 Å². The van der Waals surface area contributed by atoms with Crippen LogP contribution in [0.2, 0.25) is 0 Å². The second-order valence-corrected chi connectivity index (χ2v) is 4.00. The zero-order valence-electron chi connectivity index (χ0n) is 10.8. The van der Waals surface area contributed by atoms with Gasteiger partial charge >= 0.3 is 6.18 Å². The van der Waals surface area contributed by atoms with E-state index in [4.69, 9.17) is 4.74 Å². The van der Waals surface area contributed by atoms with Crippen LogP contribution >= 0.6 is 0 Å². The molecule has 0 amide bonds. The van der Waals surface area contributed by atoms with Crippen LogP contribution in [0.25, 0.3) is 0 Å². The number of aromatic nitrogens is 2. The Balaban J connectivity index is 0.00000121. The van der Waals surface area contributed by atoms with Crippen LogP contribution in [0.15, 0.2) is 12.3 Å². The van der Waals surface area contributed by atoms with Gasteiger partial charge in [0.1, 0.15) is 6.61 Å². The highest BCUT2D eigenvalue weighted by molar-refractivity contribution is 5.05. The minimum Gasteiger partial charge on any atom is -0.476 e. The van der Waals surface area contributed by atoms with Crippen molar-refractivity contribution < 1.29 is 17.9 Å². The summed E-state index contributed by atoms with van der Waals surface area (Å²) in [5.74, 6) is 0.204. The van der Waals surface area contributed by atoms with Crippen molar-refractivity contribution in [2.75, 3.05) is 6.61 Å². The van der Waals surface area contributed by atoms with Crippen molar-refractivity contribution in [1.29, 1.82) is 0 Å². The Morgan fingerprint density at radius 2 is 1.82 bits per heavy atom. The lowest BCUT2D eigenvalue weighted by molar-refractivity contribution is -0.219. The Kier molecular flexibility index (Phi) is 5.51. The van der Waals surface area contributed by atoms with Crippen LogP contribution < -0.4 is 4.74 Å². The van der Waals surface area contributed by atoms with Gasteiger partial charge in [-0.1, -0.05) is 13.8 Å². The van der Waals surface area contributed by atoms with E-state index < -0.39 is 18.2 Å². The molecule has 0 bridgehead atoms. The maximum atomic E-state index is 12.4. The lowest BCUT2D eigenvalue weighted by Crippen LogP contribution is -2.37. The molecule has 0 atom stereocenters. The van der Waals surface area contributed by atoms with E-state index in [0.29, 0.717) is 0 Å². The number of hydrogen-bond acceptors (Lipinski definition) is 2. The summed E-state index contributed by atoms with van der Waals surface area (Å²) in [6.07, 6.45) is -2.67. The SMILES string of the molecule is CC.Cn1ccc(OCC(C)(C)C(F)(F)F)n1. The average molecular weight is 252 g/mol. The van der Waals surface area contributed by atoms with Gasteiger partial charge in [-0.15, -0.1) is 5.10 Å². The van der Waals surface area contributed by atoms with E-state index in [2.05, 4.69) is 5.10 Å². The Morgan fingerprint density at radius 1 is 1.29 bits per heavy atom. The van der Waals surface area contributed by atoms with Gasteiger partial charge in [-0.25, -0.2) is 0 Å². The molecule has 6 heteroatoms. The molecule has 1 aromatic rings. The van der Waals surface area contributed by atoms with Crippen molar-refractivity contribution in [2.24, 2.45) is 12.5 Å². The minimum absolute atomic E-state index is 0.204. The molecule has 3 nitrogen and oxygen atoms in total. The second kappa shape index (κ2) is 5.93. The van der Waals surface area contributed by atoms with E-state index in [0.717, 1.165) is 13.8 Å². The van der Waals surface area contributed by atoms with Crippen molar-refractivity contribution in [2.45, 2.75) is 33.9 Å². The van der Waals surface area contributed by atoms with Crippen molar-refractivity contribution in [3.8, 4) is 5.88 Å². The van der Waals surface area contributed by atoms with Gasteiger partial charge in [-0.05, 0) is 13.8 Å². The predicted octanol–water partition coefficient (Wildman–Crippen LogP) is 3.41. The van der Waals surface area contributed by atoms with Crippen molar-refractivity contribution >= 4 is 0 Å². The summed E-state index contributed by atoms with van der Waals surface area (Å²) >= 11 is 0. The molecule has 0 aliphatic rings. The van der Waals surface area contributed by atoms with Gasteiger partial charge in [0.25, 0.3) is 0 Å². The zero-order chi connectivity index (χ0) is 13.7. The highest BCUT2D eigenvalue weighted by Crippen LogP contribution is 2.37. The summed E-state index contributed by atoms with van der Waals surface area (Å²) in [4.78, 5) is 0. The smallest absolute Gasteiger partial charge is 0.397 e. The van der Waals surface area contributed by atoms with Crippen molar-refractivity contribution in [3.05, 3.63) is 12.3 Å². The zero-order valence-corrected chi connectivity index (χ0v) is 10.8. The van der Waals surface area contributed by atoms with Gasteiger partial charge in [-0.2, -0.15) is 13.2 Å². The highest BCUT2D eigenvalue weighted by Gasteiger charge is 2.48. The maximum Gasteiger partial charge on any atom is 0.397 e. The molecule has 0 unspecified atom stereocenters. The van der Waals surface area contributed by atoms with Crippen LogP contribution in [-0.2, 0) is 7.05 Å². The molecule has 0 saturated heterocycles. The van der Waals surface area contributed by atoms with E-state index in [1.165, 1.54) is 10.7 Å². The molecule has 1 aromatic heterocycles. The average Bonchev–Trinajstić information content (AvgIpc) is 2.63. The van der Waals surface area contributed by atoms with Gasteiger partial charge in [0, 0.05) is 19.3 Å². The molecule has 100 valence electrons. The molecule has 17 heavy (non-hydrogen) atoms. The van der Waals surface area contributed by atoms with Crippen LogP contribution in [-0.4, -0.2) is 22.6 Å². The van der Waals surface area contributed by atoms with E-state index in [-0.39, 0.29) is 5.88 Å². The summed E-state index contributed by atoms with van der Waals surface area (Å²) in [6, 6.07) is 1.52. The monoisotopic (exact) mass is 252 g/mol. The molecular weight excluding hydrogens is 233 g/mol. The Bertz CT molecular complexity index is 332. The number of ether oxygens (including phenoxy) is 1. The molecule has 0 N–H and O–H groups in total. The Morgan fingerprint density at radius 3 is 2.18 bits per heavy atom. The molecule has 0 aromatic carbocycles. The number of aryl methyl sites for hydroxylation is 1. The Hall–Kier alpha value is -1.20. The molecule has 0 aliphatic carbocycles. The molecule has 0 aliphatic heterocycles. The minimum atomic E-state index is -4.28. The molecular formula is C11H19F3N2O. The van der Waals surface area contributed by atoms with Crippen LogP contribution in [0.1, 0.15) is 27.7 Å². The molecule has 1 heterocycles. The quantitative estimate of drug-likeness (QED) is 0.824. The molecule has 0 fully saturated rings. The topological polar surface area (TPSA) is 27.1 Å². The summed E-state index contributed by atoms with van der Waals surface area (Å²) in [5.41, 5.74) is -1.87. The van der Waals surface area contributed by atoms with E-state index in [1.54, 1.807) is 13.2 Å². The third kappa shape index (κ3) is 4.66. The third-order valence-corrected chi connectivity index (χ3v) is 2.04. The number of nitrogens with zero attached hydrogens (tertiary/aromatic N) is 2. The largest absolute Gasteiger partial charge is 0.476 e. The van der Waals surface area contributed by atoms with Gasteiger partial charge in [0.15, 0.2) is 0 Å². The number of rotatable bonds is 3. The standard InChI is InChI=1S/C9H13F3N2O.C2H6/c1-8(2,9(10,11)12)6-15-7-4-5-14(3)13-7;1-2/h4-5H,6H2,1-3H3;1-2H3. The van der Waals surface area contributed by atoms with Crippen molar-refractivity contribution in [3.63, 3.8) is 0 Å². The fraction of sp³-hybridized carbons (Fsp3) is 0.727. The molecule has 0 radical (unpaired) electrons. The van der Waals surface area contributed by atoms with Crippen LogP contribution in [0.3, 0.4) is 0 Å². The molecule has 0 spiro atoms. The number of alkyl halides is 3. The molecule has 1 rings (SSSR count). The fourth-order valence-corrected chi connectivity index (χ4v) is 0.807. The predicted molar refractivity (Wildman–Crippen MR) is 59.9 cm³/mol. The van der Waals surface area contributed by atoms with Crippen molar-refractivity contribution in [1.82, 2.24) is 9.78 Å². The summed E-state index contributed by atoms with van der Waals surface area (Å²) in [7, 11) is 1.67. The van der Waals surface area contributed by atoms with Gasteiger partial charge in [0.05, 0.1) is 5.41 Å². The van der Waals surface area contributed by atoms with Gasteiger partial charge < -0.3 is 4.74 Å². The number of halogens is 3. The summed E-state index contributed by atoms with van der Waals surface area (Å²) in [6.45, 7) is 5.75. The first-order valence-corrected chi connectivity index (χ1v) is 5.41. The molecule has 0 saturated carbocycles. The first kappa shape index (κ1) is 15.8. The summed E-state index contributed by atoms with van der Waals surface area (Å²) < 4.78 is 43.7. The normalized spacial score (nSPS) is 11.8. The number of hydrogen-bond donors (Lipinski definition) is 0. The van der Waals surface area contributed by atoms with Crippen LogP contribution in [0, 0.1) is 5.41 Å². The highest BCUT2D eigenvalue weighted by atomic mass is 19.4. The fourth-order valence-electron chi connectivity index (χ4n) is 0.807. The first-order chi connectivity index (χ1) is 7.72. The second-order valence-electron chi connectivity index (χ2n) is 4.00. The van der Waals surface area contributed by atoms with Crippen LogP contribution in [0.4, 0.5) is 13.2 Å². The van der Waals surface area contributed by atoms with E-state index in [9.17, 15) is 13.2 Å². The summed E-state index contributed by atoms with van der Waals surface area (Å²) in [5, 5.41) is 3.82. The maximum absolute atomic E-state index is 12.4. The van der Waals surface area contributed by atoms with Gasteiger partial charge in [-0.3, -0.25) is 4.68 Å². The lowest BCUT2D eigenvalue weighted by Gasteiger charge is -2.26. The third-order valence-electron chi connectivity index (χ3n) is 2.04. The van der Waals surface area contributed by atoms with E-state index in [1.807, 2.05) is 13.8 Å². The first-order valence-electron chi connectivity index (χ1n) is 5.41. The van der Waals surface area contributed by atoms with Gasteiger partial charge in [0.2, 0.25) is 5.88 Å². The lowest BCUT2D eigenvalue weighted by atomic mass is 9.94. The Labute approximate surface area is 99.6 Å². The van der Waals surface area contributed by atoms with E-state index >= 15 is 0 Å².